The molecule has 0 spiro atoms. The lowest BCUT2D eigenvalue weighted by molar-refractivity contribution is -0.116. The number of hydrogen-bond donors (Lipinski definition) is 1. The molecule has 8 heteroatoms. The first-order valence-electron chi connectivity index (χ1n) is 8.67. The number of para-hydroxylation sites is 1. The number of thiophene rings is 1. The first-order chi connectivity index (χ1) is 13.6. The van der Waals surface area contributed by atoms with Gasteiger partial charge in [0.2, 0.25) is 5.91 Å². The Morgan fingerprint density at radius 2 is 1.96 bits per heavy atom. The second-order valence-electron chi connectivity index (χ2n) is 5.95. The molecule has 1 N–H and O–H groups in total. The summed E-state index contributed by atoms with van der Waals surface area (Å²) in [6, 6.07) is 13.7. The molecule has 28 heavy (non-hydrogen) atoms. The fraction of sp³-hybridized carbons (Fsp3) is 0.200. The lowest BCUT2D eigenvalue weighted by Gasteiger charge is -2.10. The Hall–Kier alpha value is -3.26. The van der Waals surface area contributed by atoms with Crippen LogP contribution >= 0.6 is 11.3 Å². The van der Waals surface area contributed by atoms with E-state index in [1.807, 2.05) is 17.5 Å². The van der Waals surface area contributed by atoms with Crippen molar-refractivity contribution in [2.75, 3.05) is 12.4 Å². The Labute approximate surface area is 165 Å². The molecule has 0 radical (unpaired) electrons. The number of esters is 1. The largest absolute Gasteiger partial charge is 0.465 e. The van der Waals surface area contributed by atoms with Gasteiger partial charge in [-0.1, -0.05) is 18.2 Å². The SMILES string of the molecule is COC(=O)c1ccccc1NC(=O)CCCn1nc(-c2cccs2)ccc1=O. The second kappa shape index (κ2) is 9.09. The molecule has 7 nitrogen and oxygen atoms in total. The van der Waals surface area contributed by atoms with Crippen molar-refractivity contribution in [1.29, 1.82) is 0 Å². The summed E-state index contributed by atoms with van der Waals surface area (Å²) in [5.41, 5.74) is 1.21. The monoisotopic (exact) mass is 397 g/mol. The number of amides is 1. The first-order valence-corrected chi connectivity index (χ1v) is 9.55. The quantitative estimate of drug-likeness (QED) is 0.619. The first kappa shape index (κ1) is 19.5. The van der Waals surface area contributed by atoms with Gasteiger partial charge >= 0.3 is 5.97 Å². The van der Waals surface area contributed by atoms with Crippen molar-refractivity contribution in [1.82, 2.24) is 9.78 Å². The summed E-state index contributed by atoms with van der Waals surface area (Å²) in [5, 5.41) is 9.03. The number of methoxy groups -OCH3 is 1. The maximum Gasteiger partial charge on any atom is 0.339 e. The molecule has 1 aromatic carbocycles. The molecule has 3 aromatic rings. The molecule has 2 aromatic heterocycles. The van der Waals surface area contributed by atoms with Crippen molar-refractivity contribution in [3.05, 3.63) is 69.8 Å². The zero-order valence-corrected chi connectivity index (χ0v) is 16.1. The molecule has 0 unspecified atom stereocenters. The summed E-state index contributed by atoms with van der Waals surface area (Å²) in [4.78, 5) is 37.0. The number of nitrogens with zero attached hydrogens (tertiary/aromatic N) is 2. The van der Waals surface area contributed by atoms with Gasteiger partial charge in [0.1, 0.15) is 5.69 Å². The van der Waals surface area contributed by atoms with E-state index in [9.17, 15) is 14.4 Å². The minimum absolute atomic E-state index is 0.187. The average Bonchev–Trinajstić information content (AvgIpc) is 3.24. The van der Waals surface area contributed by atoms with E-state index < -0.39 is 5.97 Å². The van der Waals surface area contributed by atoms with Crippen LogP contribution in [0, 0.1) is 0 Å². The Bertz CT molecular complexity index is 1030. The van der Waals surface area contributed by atoms with Crippen molar-refractivity contribution < 1.29 is 14.3 Å². The maximum atomic E-state index is 12.2. The molecule has 0 aliphatic carbocycles. The van der Waals surface area contributed by atoms with Crippen LogP contribution in [0.1, 0.15) is 23.2 Å². The van der Waals surface area contributed by atoms with E-state index in [2.05, 4.69) is 10.4 Å². The number of aromatic nitrogens is 2. The number of ether oxygens (including phenoxy) is 1. The minimum atomic E-state index is -0.517. The number of nitrogens with one attached hydrogen (secondary N) is 1. The number of carbonyl (C=O) groups excluding carboxylic acids is 2. The summed E-state index contributed by atoms with van der Waals surface area (Å²) in [6.07, 6.45) is 0.625. The van der Waals surface area contributed by atoms with Crippen LogP contribution in [-0.2, 0) is 16.1 Å². The number of carbonyl (C=O) groups is 2. The second-order valence-corrected chi connectivity index (χ2v) is 6.89. The van der Waals surface area contributed by atoms with Gasteiger partial charge in [0.15, 0.2) is 0 Å². The van der Waals surface area contributed by atoms with Gasteiger partial charge in [-0.25, -0.2) is 9.48 Å². The molecule has 0 aliphatic heterocycles. The zero-order chi connectivity index (χ0) is 19.9. The van der Waals surface area contributed by atoms with Gasteiger partial charge in [0.05, 0.1) is 23.2 Å². The third-order valence-electron chi connectivity index (χ3n) is 4.02. The average molecular weight is 397 g/mol. The molecule has 3 rings (SSSR count). The summed E-state index contributed by atoms with van der Waals surface area (Å²) >= 11 is 1.55. The maximum absolute atomic E-state index is 12.2. The van der Waals surface area contributed by atoms with Gasteiger partial charge in [-0.2, -0.15) is 5.10 Å². The third kappa shape index (κ3) is 4.72. The van der Waals surface area contributed by atoms with Crippen LogP contribution in [0.2, 0.25) is 0 Å². The van der Waals surface area contributed by atoms with Crippen LogP contribution in [0.25, 0.3) is 10.6 Å². The highest BCUT2D eigenvalue weighted by Crippen LogP contribution is 2.21. The Morgan fingerprint density at radius 3 is 2.71 bits per heavy atom. The highest BCUT2D eigenvalue weighted by molar-refractivity contribution is 7.13. The Morgan fingerprint density at radius 1 is 1.14 bits per heavy atom. The summed E-state index contributed by atoms with van der Waals surface area (Å²) in [5.74, 6) is -0.768. The van der Waals surface area contributed by atoms with Gasteiger partial charge in [0.25, 0.3) is 5.56 Å². The molecular weight excluding hydrogens is 378 g/mol. The van der Waals surface area contributed by atoms with E-state index in [1.54, 1.807) is 41.7 Å². The number of rotatable bonds is 7. The van der Waals surface area contributed by atoms with E-state index >= 15 is 0 Å². The fourth-order valence-electron chi connectivity index (χ4n) is 2.65. The highest BCUT2D eigenvalue weighted by atomic mass is 32.1. The van der Waals surface area contributed by atoms with Crippen LogP contribution in [0.15, 0.2) is 58.7 Å². The molecule has 2 heterocycles. The number of benzene rings is 1. The van der Waals surface area contributed by atoms with Crippen LogP contribution < -0.4 is 10.9 Å². The Kier molecular flexibility index (Phi) is 6.33. The predicted molar refractivity (Wildman–Crippen MR) is 107 cm³/mol. The van der Waals surface area contributed by atoms with E-state index in [4.69, 9.17) is 4.74 Å². The molecule has 0 atom stereocenters. The van der Waals surface area contributed by atoms with E-state index in [1.165, 1.54) is 17.9 Å². The predicted octanol–water partition coefficient (Wildman–Crippen LogP) is 3.18. The fourth-order valence-corrected chi connectivity index (χ4v) is 3.34. The van der Waals surface area contributed by atoms with Crippen molar-refractivity contribution >= 4 is 28.9 Å². The molecular formula is C20H19N3O4S. The van der Waals surface area contributed by atoms with Gasteiger partial charge < -0.3 is 10.1 Å². The lowest BCUT2D eigenvalue weighted by Crippen LogP contribution is -2.23. The lowest BCUT2D eigenvalue weighted by atomic mass is 10.1. The summed E-state index contributed by atoms with van der Waals surface area (Å²) in [7, 11) is 1.29. The van der Waals surface area contributed by atoms with Crippen molar-refractivity contribution in [2.45, 2.75) is 19.4 Å². The minimum Gasteiger partial charge on any atom is -0.465 e. The normalized spacial score (nSPS) is 10.5. The van der Waals surface area contributed by atoms with Gasteiger partial charge in [-0.3, -0.25) is 9.59 Å². The number of aryl methyl sites for hydroxylation is 1. The molecule has 0 saturated heterocycles. The standard InChI is InChI=1S/C20H19N3O4S/c1-27-20(26)14-6-2-3-7-15(14)21-18(24)9-4-12-23-19(25)11-10-16(22-23)17-8-5-13-28-17/h2-3,5-8,10-11,13H,4,9,12H2,1H3,(H,21,24). The Balaban J connectivity index is 1.60. The van der Waals surface area contributed by atoms with Crippen molar-refractivity contribution in [3.63, 3.8) is 0 Å². The zero-order valence-electron chi connectivity index (χ0n) is 15.3. The van der Waals surface area contributed by atoms with Crippen LogP contribution in [-0.4, -0.2) is 28.8 Å². The molecule has 0 fully saturated rings. The number of hydrogen-bond acceptors (Lipinski definition) is 6. The molecule has 1 amide bonds. The number of anilines is 1. The summed E-state index contributed by atoms with van der Waals surface area (Å²) < 4.78 is 6.08. The molecule has 144 valence electrons. The van der Waals surface area contributed by atoms with Crippen LogP contribution in [0.4, 0.5) is 5.69 Å². The van der Waals surface area contributed by atoms with E-state index in [0.29, 0.717) is 24.2 Å². The topological polar surface area (TPSA) is 90.3 Å². The van der Waals surface area contributed by atoms with Crippen molar-refractivity contribution in [2.24, 2.45) is 0 Å². The highest BCUT2D eigenvalue weighted by Gasteiger charge is 2.13. The molecule has 0 bridgehead atoms. The van der Waals surface area contributed by atoms with Crippen molar-refractivity contribution in [3.8, 4) is 10.6 Å². The smallest absolute Gasteiger partial charge is 0.339 e. The van der Waals surface area contributed by atoms with Gasteiger partial charge in [0, 0.05) is 19.0 Å². The van der Waals surface area contributed by atoms with Crippen LogP contribution in [0.5, 0.6) is 0 Å². The van der Waals surface area contributed by atoms with Gasteiger partial charge in [-0.05, 0) is 36.1 Å². The molecule has 0 aliphatic rings. The van der Waals surface area contributed by atoms with E-state index in [-0.39, 0.29) is 17.9 Å². The third-order valence-corrected chi connectivity index (χ3v) is 4.91. The summed E-state index contributed by atoms with van der Waals surface area (Å²) in [6.45, 7) is 0.324. The van der Waals surface area contributed by atoms with Gasteiger partial charge in [-0.15, -0.1) is 11.3 Å². The van der Waals surface area contributed by atoms with Crippen LogP contribution in [0.3, 0.4) is 0 Å². The van der Waals surface area contributed by atoms with E-state index in [0.717, 1.165) is 10.6 Å². The molecule has 0 saturated carbocycles.